The summed E-state index contributed by atoms with van der Waals surface area (Å²) in [7, 11) is 2.01. The minimum Gasteiger partial charge on any atom is -0.392 e. The van der Waals surface area contributed by atoms with Crippen LogP contribution in [0.1, 0.15) is 6.42 Å². The van der Waals surface area contributed by atoms with Crippen LogP contribution >= 0.6 is 11.3 Å². The van der Waals surface area contributed by atoms with Gasteiger partial charge in [0.1, 0.15) is 0 Å². The number of piperazine rings is 1. The molecule has 21 heavy (non-hydrogen) atoms. The highest BCUT2D eigenvalue weighted by Crippen LogP contribution is 2.22. The summed E-state index contributed by atoms with van der Waals surface area (Å²) in [6, 6.07) is 0. The number of likely N-dealkylation sites (tertiary alicyclic amines) is 1. The van der Waals surface area contributed by atoms with Crippen LogP contribution in [0.5, 0.6) is 0 Å². The van der Waals surface area contributed by atoms with E-state index in [0.717, 1.165) is 24.8 Å². The van der Waals surface area contributed by atoms with Gasteiger partial charge in [-0.1, -0.05) is 0 Å². The largest absolute Gasteiger partial charge is 0.392 e. The molecule has 2 saturated heterocycles. The molecular weight excluding hydrogens is 288 g/mol. The fraction of sp³-hybridized carbons (Fsp3) is 0.714. The number of nitrogens with zero attached hydrogens (tertiary/aromatic N) is 4. The second-order valence-corrected chi connectivity index (χ2v) is 6.72. The lowest BCUT2D eigenvalue weighted by Gasteiger charge is -2.39. The first-order valence-corrected chi connectivity index (χ1v) is 8.33. The summed E-state index contributed by atoms with van der Waals surface area (Å²) in [5.74, 6) is -0.164. The quantitative estimate of drug-likeness (QED) is 0.840. The molecule has 0 aromatic carbocycles. The van der Waals surface area contributed by atoms with E-state index in [0.29, 0.717) is 26.1 Å². The predicted molar refractivity (Wildman–Crippen MR) is 82.5 cm³/mol. The highest BCUT2D eigenvalue weighted by atomic mass is 32.1. The number of anilines is 1. The minimum atomic E-state index is -0.495. The van der Waals surface area contributed by atoms with Crippen LogP contribution in [0, 0.1) is 5.92 Å². The van der Waals surface area contributed by atoms with Gasteiger partial charge >= 0.3 is 0 Å². The van der Waals surface area contributed by atoms with E-state index in [2.05, 4.69) is 14.8 Å². The van der Waals surface area contributed by atoms with Crippen molar-refractivity contribution in [3.63, 3.8) is 0 Å². The number of aromatic nitrogens is 1. The number of aliphatic hydroxyl groups is 1. The Morgan fingerprint density at radius 2 is 2.10 bits per heavy atom. The van der Waals surface area contributed by atoms with Crippen molar-refractivity contribution >= 4 is 22.4 Å². The van der Waals surface area contributed by atoms with Gasteiger partial charge in [-0.25, -0.2) is 4.98 Å². The fourth-order valence-corrected chi connectivity index (χ4v) is 3.77. The lowest BCUT2D eigenvalue weighted by Crippen LogP contribution is -2.55. The van der Waals surface area contributed by atoms with Crippen LogP contribution in [0.4, 0.5) is 5.13 Å². The summed E-state index contributed by atoms with van der Waals surface area (Å²) >= 11 is 1.63. The number of hydrogen-bond acceptors (Lipinski definition) is 6. The zero-order valence-corrected chi connectivity index (χ0v) is 13.1. The van der Waals surface area contributed by atoms with E-state index >= 15 is 0 Å². The third-order valence-corrected chi connectivity index (χ3v) is 5.21. The molecule has 6 nitrogen and oxygen atoms in total. The van der Waals surface area contributed by atoms with Crippen LogP contribution in [-0.2, 0) is 4.79 Å². The third-order valence-electron chi connectivity index (χ3n) is 4.38. The van der Waals surface area contributed by atoms with Gasteiger partial charge < -0.3 is 19.8 Å². The van der Waals surface area contributed by atoms with Gasteiger partial charge in [-0.2, -0.15) is 0 Å². The Hall–Kier alpha value is -1.18. The molecule has 2 aliphatic heterocycles. The van der Waals surface area contributed by atoms with E-state index < -0.39 is 6.10 Å². The lowest BCUT2D eigenvalue weighted by atomic mass is 9.93. The van der Waals surface area contributed by atoms with Crippen LogP contribution < -0.4 is 4.90 Å². The van der Waals surface area contributed by atoms with Crippen LogP contribution in [0.25, 0.3) is 0 Å². The number of piperidine rings is 1. The van der Waals surface area contributed by atoms with Gasteiger partial charge in [0.2, 0.25) is 5.91 Å². The third kappa shape index (κ3) is 3.20. The first-order valence-electron chi connectivity index (χ1n) is 7.45. The molecule has 2 aliphatic rings. The van der Waals surface area contributed by atoms with Gasteiger partial charge in [-0.15, -0.1) is 11.3 Å². The van der Waals surface area contributed by atoms with Crippen LogP contribution in [0.3, 0.4) is 0 Å². The first-order chi connectivity index (χ1) is 10.1. The number of hydrogen-bond donors (Lipinski definition) is 1. The van der Waals surface area contributed by atoms with E-state index in [9.17, 15) is 9.90 Å². The SMILES string of the molecule is CN1CC[C@H](O)[C@H](C(=O)N2CCN(c3nccs3)CC2)C1. The molecule has 7 heteroatoms. The van der Waals surface area contributed by atoms with Crippen molar-refractivity contribution in [1.29, 1.82) is 0 Å². The minimum absolute atomic E-state index is 0.104. The monoisotopic (exact) mass is 310 g/mol. The summed E-state index contributed by atoms with van der Waals surface area (Å²) in [6.45, 7) is 4.59. The normalized spacial score (nSPS) is 27.9. The van der Waals surface area contributed by atoms with Gasteiger partial charge in [0.25, 0.3) is 0 Å². The topological polar surface area (TPSA) is 59.9 Å². The lowest BCUT2D eigenvalue weighted by molar-refractivity contribution is -0.142. The van der Waals surface area contributed by atoms with Crippen LogP contribution in [-0.4, -0.2) is 78.2 Å². The van der Waals surface area contributed by atoms with Crippen molar-refractivity contribution in [3.05, 3.63) is 11.6 Å². The Bertz CT molecular complexity index is 473. The molecule has 1 aromatic rings. The van der Waals surface area contributed by atoms with Gasteiger partial charge in [0, 0.05) is 50.8 Å². The molecule has 0 radical (unpaired) electrons. The molecule has 1 amide bonds. The maximum absolute atomic E-state index is 12.6. The second kappa shape index (κ2) is 6.29. The van der Waals surface area contributed by atoms with Gasteiger partial charge in [-0.05, 0) is 13.5 Å². The number of amides is 1. The van der Waals surface area contributed by atoms with Crippen molar-refractivity contribution in [2.75, 3.05) is 51.2 Å². The maximum atomic E-state index is 12.6. The average Bonchev–Trinajstić information content (AvgIpc) is 3.03. The Labute approximate surface area is 129 Å². The Morgan fingerprint density at radius 1 is 1.33 bits per heavy atom. The molecule has 0 bridgehead atoms. The van der Waals surface area contributed by atoms with E-state index in [-0.39, 0.29) is 11.8 Å². The molecule has 3 rings (SSSR count). The molecular formula is C14H22N4O2S. The number of rotatable bonds is 2. The van der Waals surface area contributed by atoms with Crippen molar-refractivity contribution in [2.24, 2.45) is 5.92 Å². The Kier molecular flexibility index (Phi) is 4.42. The maximum Gasteiger partial charge on any atom is 0.229 e. The molecule has 3 heterocycles. The number of carbonyl (C=O) groups is 1. The van der Waals surface area contributed by atoms with E-state index in [1.54, 1.807) is 11.3 Å². The second-order valence-electron chi connectivity index (χ2n) is 5.85. The Morgan fingerprint density at radius 3 is 2.76 bits per heavy atom. The fourth-order valence-electron chi connectivity index (χ4n) is 3.07. The average molecular weight is 310 g/mol. The van der Waals surface area contributed by atoms with Crippen LogP contribution in [0.2, 0.25) is 0 Å². The van der Waals surface area contributed by atoms with Crippen LogP contribution in [0.15, 0.2) is 11.6 Å². The smallest absolute Gasteiger partial charge is 0.229 e. The summed E-state index contributed by atoms with van der Waals surface area (Å²) in [4.78, 5) is 23.2. The first kappa shape index (κ1) is 14.7. The zero-order valence-electron chi connectivity index (χ0n) is 12.3. The number of aliphatic hydroxyl groups excluding tert-OH is 1. The van der Waals surface area contributed by atoms with Crippen molar-refractivity contribution < 1.29 is 9.90 Å². The Balaban J connectivity index is 1.57. The van der Waals surface area contributed by atoms with E-state index in [4.69, 9.17) is 0 Å². The van der Waals surface area contributed by atoms with Gasteiger partial charge in [0.15, 0.2) is 5.13 Å². The molecule has 0 saturated carbocycles. The summed E-state index contributed by atoms with van der Waals surface area (Å²) in [6.07, 6.45) is 2.00. The standard InChI is InChI=1S/C14H22N4O2S/c1-16-4-2-12(19)11(10-16)13(20)17-5-7-18(8-6-17)14-15-3-9-21-14/h3,9,11-12,19H,2,4-8,10H2,1H3/t11-,12+/m1/s1. The van der Waals surface area contributed by atoms with E-state index in [1.165, 1.54) is 0 Å². The summed E-state index contributed by atoms with van der Waals surface area (Å²) in [5.41, 5.74) is 0. The molecule has 2 fully saturated rings. The molecule has 1 aromatic heterocycles. The molecule has 0 spiro atoms. The highest BCUT2D eigenvalue weighted by molar-refractivity contribution is 7.13. The number of thiazole rings is 1. The van der Waals surface area contributed by atoms with Crippen molar-refractivity contribution in [1.82, 2.24) is 14.8 Å². The predicted octanol–water partition coefficient (Wildman–Crippen LogP) is 0.104. The van der Waals surface area contributed by atoms with Crippen molar-refractivity contribution in [2.45, 2.75) is 12.5 Å². The summed E-state index contributed by atoms with van der Waals surface area (Å²) in [5, 5.41) is 13.1. The zero-order chi connectivity index (χ0) is 14.8. The molecule has 0 aliphatic carbocycles. The molecule has 0 unspecified atom stereocenters. The number of carbonyl (C=O) groups excluding carboxylic acids is 1. The summed E-state index contributed by atoms with van der Waals surface area (Å²) < 4.78 is 0. The molecule has 2 atom stereocenters. The van der Waals surface area contributed by atoms with Gasteiger partial charge in [0.05, 0.1) is 12.0 Å². The highest BCUT2D eigenvalue weighted by Gasteiger charge is 2.35. The molecule has 1 N–H and O–H groups in total. The van der Waals surface area contributed by atoms with E-state index in [1.807, 2.05) is 23.5 Å². The van der Waals surface area contributed by atoms with Gasteiger partial charge in [-0.3, -0.25) is 4.79 Å². The van der Waals surface area contributed by atoms with Crippen molar-refractivity contribution in [3.8, 4) is 0 Å². The molecule has 116 valence electrons.